The van der Waals surface area contributed by atoms with Gasteiger partial charge in [-0.2, -0.15) is 0 Å². The van der Waals surface area contributed by atoms with E-state index in [9.17, 15) is 0 Å². The van der Waals surface area contributed by atoms with Gasteiger partial charge in [0.15, 0.2) is 0 Å². The van der Waals surface area contributed by atoms with E-state index in [2.05, 4.69) is 6.92 Å². The Bertz CT molecular complexity index is 479. The minimum atomic E-state index is -2.26. The zero-order chi connectivity index (χ0) is 21.4. The van der Waals surface area contributed by atoms with Crippen molar-refractivity contribution < 1.29 is 17.1 Å². The van der Waals surface area contributed by atoms with Crippen LogP contribution in [0.4, 0.5) is 0 Å². The van der Waals surface area contributed by atoms with E-state index in [-0.39, 0.29) is 0 Å². The van der Waals surface area contributed by atoms with Crippen LogP contribution in [-0.2, 0) is 17.1 Å². The highest BCUT2D eigenvalue weighted by Crippen LogP contribution is 2.47. The number of unbranched alkanes of at least 4 members (excludes halogenated alkanes) is 1. The minimum Gasteiger partial charge on any atom is -0.420 e. The van der Waals surface area contributed by atoms with Crippen LogP contribution in [0, 0.1) is 0 Å². The summed E-state index contributed by atoms with van der Waals surface area (Å²) in [5.41, 5.74) is 2.18. The summed E-state index contributed by atoms with van der Waals surface area (Å²) in [6, 6.07) is 1.07. The first-order valence-corrected chi connectivity index (χ1v) is 19.2. The molecule has 0 spiro atoms. The second-order valence-corrected chi connectivity index (χ2v) is 20.0. The molecule has 0 aromatic rings. The van der Waals surface area contributed by atoms with Crippen molar-refractivity contribution in [3.05, 3.63) is 0 Å². The third kappa shape index (κ3) is 6.76. The van der Waals surface area contributed by atoms with Gasteiger partial charge in [-0.1, -0.05) is 71.1 Å². The van der Waals surface area contributed by atoms with E-state index in [0.29, 0.717) is 5.54 Å². The molecule has 4 aliphatic rings. The van der Waals surface area contributed by atoms with E-state index in [1.165, 1.54) is 109 Å². The van der Waals surface area contributed by atoms with Crippen LogP contribution in [0.25, 0.3) is 0 Å². The number of rotatable bonds is 9. The molecule has 3 saturated carbocycles. The molecular formula is C24H48O4Si3. The Morgan fingerprint density at radius 1 is 0.710 bits per heavy atom. The maximum absolute atomic E-state index is 7.27. The Labute approximate surface area is 196 Å². The quantitative estimate of drug-likeness (QED) is 0.268. The molecule has 4 rings (SSSR count). The van der Waals surface area contributed by atoms with E-state index in [4.69, 9.17) is 17.1 Å². The Morgan fingerprint density at radius 2 is 1.23 bits per heavy atom. The highest BCUT2D eigenvalue weighted by atomic mass is 28.5. The van der Waals surface area contributed by atoms with Crippen LogP contribution in [0.5, 0.6) is 0 Å². The van der Waals surface area contributed by atoms with Crippen molar-refractivity contribution in [2.24, 2.45) is 0 Å². The van der Waals surface area contributed by atoms with Gasteiger partial charge in [-0.3, -0.25) is 0 Å². The maximum Gasteiger partial charge on any atom is 0.325 e. The van der Waals surface area contributed by atoms with Gasteiger partial charge < -0.3 is 17.1 Å². The predicted molar refractivity (Wildman–Crippen MR) is 134 cm³/mol. The summed E-state index contributed by atoms with van der Waals surface area (Å²) in [7, 11) is -5.57. The van der Waals surface area contributed by atoms with Crippen LogP contribution in [0.15, 0.2) is 0 Å². The lowest BCUT2D eigenvalue weighted by Gasteiger charge is -2.51. The molecule has 0 aromatic carbocycles. The molecule has 2 atom stereocenters. The average Bonchev–Trinajstić information content (AvgIpc) is 2.85. The molecule has 0 N–H and O–H groups in total. The predicted octanol–water partition coefficient (Wildman–Crippen LogP) is 6.75. The first kappa shape index (κ1) is 24.6. The summed E-state index contributed by atoms with van der Waals surface area (Å²) >= 11 is 0. The molecule has 3 aliphatic carbocycles. The highest BCUT2D eigenvalue weighted by molar-refractivity contribution is 6.85. The van der Waals surface area contributed by atoms with Crippen molar-refractivity contribution in [3.63, 3.8) is 0 Å². The molecular weight excluding hydrogens is 437 g/mol. The maximum atomic E-state index is 7.27. The number of hydrogen-bond donors (Lipinski definition) is 0. The van der Waals surface area contributed by atoms with Gasteiger partial charge in [-0.15, -0.1) is 0 Å². The van der Waals surface area contributed by atoms with Gasteiger partial charge in [0.2, 0.25) is 0 Å². The highest BCUT2D eigenvalue weighted by Gasteiger charge is 2.55. The molecule has 1 saturated heterocycles. The van der Waals surface area contributed by atoms with Gasteiger partial charge in [0, 0.05) is 24.8 Å². The Kier molecular flexibility index (Phi) is 10.2. The molecule has 0 radical (unpaired) electrons. The van der Waals surface area contributed by atoms with E-state index < -0.39 is 27.1 Å². The third-order valence-electron chi connectivity index (χ3n) is 8.43. The zero-order valence-electron chi connectivity index (χ0n) is 20.2. The second-order valence-electron chi connectivity index (χ2n) is 10.8. The van der Waals surface area contributed by atoms with Crippen LogP contribution < -0.4 is 0 Å². The second kappa shape index (κ2) is 12.8. The molecule has 0 aromatic heterocycles. The molecule has 7 heteroatoms. The number of ether oxygens (including phenoxy) is 1. The van der Waals surface area contributed by atoms with Crippen LogP contribution in [0.2, 0.25) is 22.7 Å². The van der Waals surface area contributed by atoms with Gasteiger partial charge >= 0.3 is 27.1 Å². The summed E-state index contributed by atoms with van der Waals surface area (Å²) in [5, 5.41) is 0. The molecule has 180 valence electrons. The Morgan fingerprint density at radius 3 is 1.74 bits per heavy atom. The summed E-state index contributed by atoms with van der Waals surface area (Å²) in [5.74, 6) is 0. The van der Waals surface area contributed by atoms with Crippen molar-refractivity contribution in [1.29, 1.82) is 0 Å². The lowest BCUT2D eigenvalue weighted by Crippen LogP contribution is -2.63. The van der Waals surface area contributed by atoms with E-state index in [0.717, 1.165) is 30.3 Å². The van der Waals surface area contributed by atoms with Crippen molar-refractivity contribution in [3.8, 4) is 0 Å². The number of hydrogen-bond acceptors (Lipinski definition) is 4. The largest absolute Gasteiger partial charge is 0.420 e. The minimum absolute atomic E-state index is 0.692. The smallest absolute Gasteiger partial charge is 0.325 e. The van der Waals surface area contributed by atoms with Gasteiger partial charge in [-0.05, 0) is 56.0 Å². The SMILES string of the molecule is CCCCOCC[Si]1(C2CCCCC2)O[SiH](C2CCCCC2)O[SiH](C2CCCCC2)O1. The summed E-state index contributed by atoms with van der Waals surface area (Å²) in [6.45, 7) is 3.99. The van der Waals surface area contributed by atoms with Crippen molar-refractivity contribution >= 4 is 27.1 Å². The van der Waals surface area contributed by atoms with Crippen molar-refractivity contribution in [2.75, 3.05) is 13.2 Å². The molecule has 31 heavy (non-hydrogen) atoms. The van der Waals surface area contributed by atoms with Gasteiger partial charge in [0.05, 0.1) is 0 Å². The molecule has 0 amide bonds. The van der Waals surface area contributed by atoms with Crippen LogP contribution >= 0.6 is 0 Å². The molecule has 4 fully saturated rings. The van der Waals surface area contributed by atoms with E-state index in [1.807, 2.05) is 0 Å². The first-order valence-electron chi connectivity index (χ1n) is 13.9. The van der Waals surface area contributed by atoms with Gasteiger partial charge in [0.25, 0.3) is 0 Å². The normalized spacial score (nSPS) is 34.7. The first-order chi connectivity index (χ1) is 15.3. The molecule has 2 unspecified atom stereocenters. The van der Waals surface area contributed by atoms with Crippen molar-refractivity contribution in [1.82, 2.24) is 0 Å². The third-order valence-corrected chi connectivity index (χ3v) is 21.2. The summed E-state index contributed by atoms with van der Waals surface area (Å²) in [6.07, 6.45) is 22.9. The topological polar surface area (TPSA) is 36.9 Å². The zero-order valence-corrected chi connectivity index (χ0v) is 23.5. The molecule has 1 heterocycles. The molecule has 1 aliphatic heterocycles. The Balaban J connectivity index is 1.52. The molecule has 4 nitrogen and oxygen atoms in total. The van der Waals surface area contributed by atoms with Crippen molar-refractivity contribution in [2.45, 2.75) is 139 Å². The monoisotopic (exact) mass is 484 g/mol. The average molecular weight is 485 g/mol. The van der Waals surface area contributed by atoms with E-state index in [1.54, 1.807) is 0 Å². The summed E-state index contributed by atoms with van der Waals surface area (Å²) < 4.78 is 27.6. The van der Waals surface area contributed by atoms with Crippen LogP contribution in [-0.4, -0.2) is 40.3 Å². The van der Waals surface area contributed by atoms with Gasteiger partial charge in [-0.25, -0.2) is 0 Å². The fraction of sp³-hybridized carbons (Fsp3) is 1.00. The lowest BCUT2D eigenvalue weighted by atomic mass is 10.0. The fourth-order valence-electron chi connectivity index (χ4n) is 6.46. The standard InChI is InChI=1S/C24H48O4Si3/c1-2-3-19-25-20-21-31(24-17-11-6-12-18-24)27-29(22-13-7-4-8-14-22)26-30(28-31)23-15-9-5-10-16-23/h22-24,29-30H,2-21H2,1H3. The van der Waals surface area contributed by atoms with Crippen LogP contribution in [0.1, 0.15) is 116 Å². The molecule has 0 bridgehead atoms. The van der Waals surface area contributed by atoms with E-state index >= 15 is 0 Å². The van der Waals surface area contributed by atoms with Crippen LogP contribution in [0.3, 0.4) is 0 Å². The van der Waals surface area contributed by atoms with Gasteiger partial charge in [0.1, 0.15) is 0 Å². The summed E-state index contributed by atoms with van der Waals surface area (Å²) in [4.78, 5) is 0. The Hall–Kier alpha value is 0.491. The lowest BCUT2D eigenvalue weighted by molar-refractivity contribution is 0.131. The fourth-order valence-corrected chi connectivity index (χ4v) is 22.8.